The van der Waals surface area contributed by atoms with Crippen LogP contribution in [0.25, 0.3) is 0 Å². The lowest BCUT2D eigenvalue weighted by Crippen LogP contribution is -2.19. The maximum absolute atomic E-state index is 6.02. The first-order chi connectivity index (χ1) is 7.25. The van der Waals surface area contributed by atoms with Crippen molar-refractivity contribution < 1.29 is 9.47 Å². The van der Waals surface area contributed by atoms with Gasteiger partial charge in [-0.3, -0.25) is 4.98 Å². The lowest BCUT2D eigenvalue weighted by molar-refractivity contribution is -0.0507. The third-order valence-electron chi connectivity index (χ3n) is 2.50. The molecule has 0 aliphatic carbocycles. The van der Waals surface area contributed by atoms with Crippen molar-refractivity contribution in [2.45, 2.75) is 25.7 Å². The van der Waals surface area contributed by atoms with Crippen LogP contribution in [0.2, 0.25) is 0 Å². The SMILES string of the molecule is Cc1ccc(C(N)CC2OCCO2)cn1. The van der Waals surface area contributed by atoms with Crippen LogP contribution in [0.15, 0.2) is 18.3 Å². The average molecular weight is 208 g/mol. The smallest absolute Gasteiger partial charge is 0.159 e. The lowest BCUT2D eigenvalue weighted by atomic mass is 10.1. The van der Waals surface area contributed by atoms with Crippen LogP contribution in [0.4, 0.5) is 0 Å². The van der Waals surface area contributed by atoms with Gasteiger partial charge in [-0.25, -0.2) is 0 Å². The van der Waals surface area contributed by atoms with Gasteiger partial charge >= 0.3 is 0 Å². The van der Waals surface area contributed by atoms with Crippen LogP contribution < -0.4 is 5.73 Å². The molecule has 0 bridgehead atoms. The van der Waals surface area contributed by atoms with E-state index in [2.05, 4.69) is 4.98 Å². The second kappa shape index (κ2) is 4.70. The maximum atomic E-state index is 6.02. The van der Waals surface area contributed by atoms with E-state index in [0.29, 0.717) is 19.6 Å². The first kappa shape index (κ1) is 10.5. The number of nitrogens with zero attached hydrogens (tertiary/aromatic N) is 1. The molecule has 2 rings (SSSR count). The van der Waals surface area contributed by atoms with Gasteiger partial charge in [0.25, 0.3) is 0 Å². The second-order valence-corrected chi connectivity index (χ2v) is 3.75. The summed E-state index contributed by atoms with van der Waals surface area (Å²) in [4.78, 5) is 4.21. The van der Waals surface area contributed by atoms with Crippen LogP contribution in [0, 0.1) is 6.92 Å². The van der Waals surface area contributed by atoms with E-state index in [4.69, 9.17) is 15.2 Å². The van der Waals surface area contributed by atoms with E-state index in [1.165, 1.54) is 0 Å². The topological polar surface area (TPSA) is 57.4 Å². The zero-order chi connectivity index (χ0) is 10.7. The van der Waals surface area contributed by atoms with E-state index in [0.717, 1.165) is 11.3 Å². The van der Waals surface area contributed by atoms with Gasteiger partial charge in [-0.15, -0.1) is 0 Å². The van der Waals surface area contributed by atoms with Crippen LogP contribution in [0.3, 0.4) is 0 Å². The molecule has 1 aliphatic rings. The Labute approximate surface area is 89.4 Å². The zero-order valence-electron chi connectivity index (χ0n) is 8.85. The van der Waals surface area contributed by atoms with Gasteiger partial charge in [0.05, 0.1) is 13.2 Å². The number of aromatic nitrogens is 1. The number of aryl methyl sites for hydroxylation is 1. The number of ether oxygens (including phenoxy) is 2. The number of nitrogens with two attached hydrogens (primary N) is 1. The summed E-state index contributed by atoms with van der Waals surface area (Å²) in [5.41, 5.74) is 8.05. The molecule has 0 saturated carbocycles. The van der Waals surface area contributed by atoms with Crippen molar-refractivity contribution >= 4 is 0 Å². The fraction of sp³-hybridized carbons (Fsp3) is 0.545. The average Bonchev–Trinajstić information content (AvgIpc) is 2.71. The summed E-state index contributed by atoms with van der Waals surface area (Å²) in [7, 11) is 0. The monoisotopic (exact) mass is 208 g/mol. The molecule has 82 valence electrons. The summed E-state index contributed by atoms with van der Waals surface area (Å²) >= 11 is 0. The molecule has 4 heteroatoms. The van der Waals surface area contributed by atoms with Crippen LogP contribution in [0.5, 0.6) is 0 Å². The molecule has 0 radical (unpaired) electrons. The molecule has 15 heavy (non-hydrogen) atoms. The molecule has 1 fully saturated rings. The number of rotatable bonds is 3. The first-order valence-electron chi connectivity index (χ1n) is 5.17. The Kier molecular flexibility index (Phi) is 3.30. The van der Waals surface area contributed by atoms with Crippen LogP contribution in [-0.2, 0) is 9.47 Å². The molecular weight excluding hydrogens is 192 g/mol. The Morgan fingerprint density at radius 2 is 2.20 bits per heavy atom. The third-order valence-corrected chi connectivity index (χ3v) is 2.50. The summed E-state index contributed by atoms with van der Waals surface area (Å²) in [5.74, 6) is 0. The Morgan fingerprint density at radius 1 is 1.47 bits per heavy atom. The molecule has 1 aromatic rings. The van der Waals surface area contributed by atoms with Gasteiger partial charge in [0.2, 0.25) is 0 Å². The molecule has 1 atom stereocenters. The summed E-state index contributed by atoms with van der Waals surface area (Å²) < 4.78 is 10.7. The standard InChI is InChI=1S/C11H16N2O2/c1-8-2-3-9(7-13-8)10(12)6-11-14-4-5-15-11/h2-3,7,10-11H,4-6,12H2,1H3. The normalized spacial score (nSPS) is 19.3. The van der Waals surface area contributed by atoms with Gasteiger partial charge in [-0.05, 0) is 18.6 Å². The van der Waals surface area contributed by atoms with Crippen molar-refractivity contribution in [1.82, 2.24) is 4.98 Å². The van der Waals surface area contributed by atoms with E-state index in [1.807, 2.05) is 25.3 Å². The first-order valence-corrected chi connectivity index (χ1v) is 5.17. The summed E-state index contributed by atoms with van der Waals surface area (Å²) in [5, 5.41) is 0. The maximum Gasteiger partial charge on any atom is 0.159 e. The van der Waals surface area contributed by atoms with Crippen molar-refractivity contribution in [2.75, 3.05) is 13.2 Å². The number of hydrogen-bond donors (Lipinski definition) is 1. The van der Waals surface area contributed by atoms with Crippen molar-refractivity contribution in [3.8, 4) is 0 Å². The lowest BCUT2D eigenvalue weighted by Gasteiger charge is -2.15. The summed E-state index contributed by atoms with van der Waals surface area (Å²) in [6.45, 7) is 3.30. The van der Waals surface area contributed by atoms with Gasteiger partial charge in [0.15, 0.2) is 6.29 Å². The van der Waals surface area contributed by atoms with E-state index in [-0.39, 0.29) is 12.3 Å². The fourth-order valence-electron chi connectivity index (χ4n) is 1.59. The van der Waals surface area contributed by atoms with E-state index < -0.39 is 0 Å². The highest BCUT2D eigenvalue weighted by Gasteiger charge is 2.20. The molecular formula is C11H16N2O2. The predicted octanol–water partition coefficient (Wildman–Crippen LogP) is 1.15. The van der Waals surface area contributed by atoms with Gasteiger partial charge in [-0.2, -0.15) is 0 Å². The van der Waals surface area contributed by atoms with Crippen LogP contribution >= 0.6 is 0 Å². The molecule has 4 nitrogen and oxygen atoms in total. The van der Waals surface area contributed by atoms with Gasteiger partial charge < -0.3 is 15.2 Å². The molecule has 1 unspecified atom stereocenters. The van der Waals surface area contributed by atoms with Crippen molar-refractivity contribution in [1.29, 1.82) is 0 Å². The van der Waals surface area contributed by atoms with Crippen LogP contribution in [-0.4, -0.2) is 24.5 Å². The Morgan fingerprint density at radius 3 is 2.80 bits per heavy atom. The third kappa shape index (κ3) is 2.75. The summed E-state index contributed by atoms with van der Waals surface area (Å²) in [6, 6.07) is 3.90. The van der Waals surface area contributed by atoms with E-state index >= 15 is 0 Å². The highest BCUT2D eigenvalue weighted by atomic mass is 16.7. The van der Waals surface area contributed by atoms with Gasteiger partial charge in [0, 0.05) is 24.4 Å². The van der Waals surface area contributed by atoms with Crippen molar-refractivity contribution in [3.63, 3.8) is 0 Å². The van der Waals surface area contributed by atoms with Gasteiger partial charge in [0.1, 0.15) is 0 Å². The predicted molar refractivity (Wildman–Crippen MR) is 56.2 cm³/mol. The molecule has 1 aliphatic heterocycles. The molecule has 0 amide bonds. The van der Waals surface area contributed by atoms with Gasteiger partial charge in [-0.1, -0.05) is 6.07 Å². The minimum atomic E-state index is -0.152. The second-order valence-electron chi connectivity index (χ2n) is 3.75. The number of hydrogen-bond acceptors (Lipinski definition) is 4. The minimum Gasteiger partial charge on any atom is -0.350 e. The molecule has 1 saturated heterocycles. The zero-order valence-corrected chi connectivity index (χ0v) is 8.85. The Bertz CT molecular complexity index is 307. The van der Waals surface area contributed by atoms with E-state index in [9.17, 15) is 0 Å². The quantitative estimate of drug-likeness (QED) is 0.809. The highest BCUT2D eigenvalue weighted by Crippen LogP contribution is 2.19. The molecule has 2 N–H and O–H groups in total. The Hall–Kier alpha value is -0.970. The molecule has 2 heterocycles. The van der Waals surface area contributed by atoms with Crippen molar-refractivity contribution in [2.24, 2.45) is 5.73 Å². The molecule has 0 aromatic carbocycles. The largest absolute Gasteiger partial charge is 0.350 e. The summed E-state index contributed by atoms with van der Waals surface area (Å²) in [6.07, 6.45) is 2.35. The molecule has 1 aromatic heterocycles. The van der Waals surface area contributed by atoms with E-state index in [1.54, 1.807) is 0 Å². The fourth-order valence-corrected chi connectivity index (χ4v) is 1.59. The Balaban J connectivity index is 1.94. The highest BCUT2D eigenvalue weighted by molar-refractivity contribution is 5.16. The number of pyridine rings is 1. The van der Waals surface area contributed by atoms with Crippen molar-refractivity contribution in [3.05, 3.63) is 29.6 Å². The minimum absolute atomic E-state index is 0.0683. The van der Waals surface area contributed by atoms with Crippen LogP contribution in [0.1, 0.15) is 23.7 Å². The molecule has 0 spiro atoms.